The molecule has 2 rings (SSSR count). The highest BCUT2D eigenvalue weighted by atomic mass is 15.3. The van der Waals surface area contributed by atoms with E-state index in [1.54, 1.807) is 0 Å². The Morgan fingerprint density at radius 2 is 2.13 bits per heavy atom. The standard InChI is InChI=1S/C11H16N4/c1-4-15-8-11(9(2)13-15)5-10-6-12-14(3)7-10/h6-8H,4-5H2,1-3H3. The normalized spacial score (nSPS) is 10.9. The topological polar surface area (TPSA) is 35.6 Å². The van der Waals surface area contributed by atoms with Crippen molar-refractivity contribution in [2.75, 3.05) is 0 Å². The molecule has 0 aliphatic heterocycles. The van der Waals surface area contributed by atoms with Crippen LogP contribution in [0.25, 0.3) is 0 Å². The second kappa shape index (κ2) is 3.88. The third-order valence-electron chi connectivity index (χ3n) is 2.52. The summed E-state index contributed by atoms with van der Waals surface area (Å²) >= 11 is 0. The number of aromatic nitrogens is 4. The summed E-state index contributed by atoms with van der Waals surface area (Å²) in [5.41, 5.74) is 3.63. The largest absolute Gasteiger partial charge is 0.276 e. The quantitative estimate of drug-likeness (QED) is 0.760. The molecule has 0 fully saturated rings. The van der Waals surface area contributed by atoms with Crippen molar-refractivity contribution in [3.63, 3.8) is 0 Å². The fraction of sp³-hybridized carbons (Fsp3) is 0.455. The van der Waals surface area contributed by atoms with E-state index in [1.807, 2.05) is 28.8 Å². The molecule has 0 spiro atoms. The summed E-state index contributed by atoms with van der Waals surface area (Å²) in [6, 6.07) is 0. The number of nitrogens with zero attached hydrogens (tertiary/aromatic N) is 4. The average molecular weight is 204 g/mol. The van der Waals surface area contributed by atoms with Crippen LogP contribution in [0, 0.1) is 6.92 Å². The maximum absolute atomic E-state index is 4.42. The molecule has 0 bridgehead atoms. The fourth-order valence-corrected chi connectivity index (χ4v) is 1.68. The molecule has 0 aromatic carbocycles. The molecule has 2 aromatic rings. The molecule has 0 saturated carbocycles. The highest BCUT2D eigenvalue weighted by Crippen LogP contribution is 2.11. The number of aryl methyl sites for hydroxylation is 3. The summed E-state index contributed by atoms with van der Waals surface area (Å²) in [4.78, 5) is 0. The fourth-order valence-electron chi connectivity index (χ4n) is 1.68. The van der Waals surface area contributed by atoms with Gasteiger partial charge in [0.05, 0.1) is 11.9 Å². The van der Waals surface area contributed by atoms with E-state index in [1.165, 1.54) is 11.1 Å². The molecule has 2 heterocycles. The Morgan fingerprint density at radius 1 is 1.33 bits per heavy atom. The van der Waals surface area contributed by atoms with Crippen LogP contribution in [-0.4, -0.2) is 19.6 Å². The smallest absolute Gasteiger partial charge is 0.0629 e. The van der Waals surface area contributed by atoms with Crippen molar-refractivity contribution in [1.82, 2.24) is 19.6 Å². The number of hydrogen-bond donors (Lipinski definition) is 0. The lowest BCUT2D eigenvalue weighted by atomic mass is 10.1. The molecule has 0 saturated heterocycles. The maximum Gasteiger partial charge on any atom is 0.0629 e. The highest BCUT2D eigenvalue weighted by Gasteiger charge is 2.05. The predicted molar refractivity (Wildman–Crippen MR) is 58.7 cm³/mol. The minimum atomic E-state index is 0.916. The molecule has 15 heavy (non-hydrogen) atoms. The van der Waals surface area contributed by atoms with Gasteiger partial charge in [-0.3, -0.25) is 9.36 Å². The van der Waals surface area contributed by atoms with Gasteiger partial charge in [0.1, 0.15) is 0 Å². The Hall–Kier alpha value is -1.58. The van der Waals surface area contributed by atoms with Gasteiger partial charge in [0, 0.05) is 32.4 Å². The first kappa shape index (κ1) is 9.96. The Labute approximate surface area is 89.5 Å². The molecule has 0 aliphatic carbocycles. The molecule has 0 amide bonds. The van der Waals surface area contributed by atoms with Crippen molar-refractivity contribution < 1.29 is 0 Å². The Balaban J connectivity index is 2.20. The molecular formula is C11H16N4. The maximum atomic E-state index is 4.42. The summed E-state index contributed by atoms with van der Waals surface area (Å²) in [5, 5.41) is 8.58. The first-order chi connectivity index (χ1) is 7.19. The third kappa shape index (κ3) is 2.09. The lowest BCUT2D eigenvalue weighted by molar-refractivity contribution is 0.653. The predicted octanol–water partition coefficient (Wildman–Crippen LogP) is 1.54. The Morgan fingerprint density at radius 3 is 2.67 bits per heavy atom. The van der Waals surface area contributed by atoms with Gasteiger partial charge in [-0.1, -0.05) is 0 Å². The van der Waals surface area contributed by atoms with Gasteiger partial charge in [0.25, 0.3) is 0 Å². The Bertz CT molecular complexity index is 453. The van der Waals surface area contributed by atoms with E-state index in [0.717, 1.165) is 18.7 Å². The van der Waals surface area contributed by atoms with E-state index in [0.29, 0.717) is 0 Å². The van der Waals surface area contributed by atoms with Crippen molar-refractivity contribution in [2.45, 2.75) is 26.8 Å². The molecule has 4 heteroatoms. The van der Waals surface area contributed by atoms with Crippen LogP contribution >= 0.6 is 0 Å². The van der Waals surface area contributed by atoms with E-state index in [4.69, 9.17) is 0 Å². The molecule has 4 nitrogen and oxygen atoms in total. The van der Waals surface area contributed by atoms with Gasteiger partial charge in [0.15, 0.2) is 0 Å². The van der Waals surface area contributed by atoms with Crippen LogP contribution in [0.15, 0.2) is 18.6 Å². The van der Waals surface area contributed by atoms with Crippen LogP contribution in [0.5, 0.6) is 0 Å². The van der Waals surface area contributed by atoms with Crippen LogP contribution in [0.1, 0.15) is 23.7 Å². The summed E-state index contributed by atoms with van der Waals surface area (Å²) in [5.74, 6) is 0. The number of rotatable bonds is 3. The van der Waals surface area contributed by atoms with Crippen molar-refractivity contribution in [3.8, 4) is 0 Å². The van der Waals surface area contributed by atoms with Crippen molar-refractivity contribution in [2.24, 2.45) is 7.05 Å². The van der Waals surface area contributed by atoms with Gasteiger partial charge >= 0.3 is 0 Å². The molecule has 0 radical (unpaired) electrons. The van der Waals surface area contributed by atoms with Crippen LogP contribution in [0.4, 0.5) is 0 Å². The van der Waals surface area contributed by atoms with E-state index in [-0.39, 0.29) is 0 Å². The van der Waals surface area contributed by atoms with Crippen LogP contribution in [0.2, 0.25) is 0 Å². The van der Waals surface area contributed by atoms with Crippen molar-refractivity contribution in [1.29, 1.82) is 0 Å². The van der Waals surface area contributed by atoms with E-state index in [9.17, 15) is 0 Å². The van der Waals surface area contributed by atoms with E-state index >= 15 is 0 Å². The monoisotopic (exact) mass is 204 g/mol. The highest BCUT2D eigenvalue weighted by molar-refractivity contribution is 5.23. The van der Waals surface area contributed by atoms with Gasteiger partial charge in [-0.05, 0) is 25.0 Å². The first-order valence-electron chi connectivity index (χ1n) is 5.19. The second-order valence-corrected chi connectivity index (χ2v) is 3.79. The van der Waals surface area contributed by atoms with Gasteiger partial charge < -0.3 is 0 Å². The lowest BCUT2D eigenvalue weighted by Crippen LogP contribution is -1.93. The zero-order valence-corrected chi connectivity index (χ0v) is 9.44. The molecule has 0 unspecified atom stereocenters. The van der Waals surface area contributed by atoms with E-state index in [2.05, 4.69) is 30.2 Å². The summed E-state index contributed by atoms with van der Waals surface area (Å²) in [6.45, 7) is 5.08. The van der Waals surface area contributed by atoms with Crippen LogP contribution in [0.3, 0.4) is 0 Å². The minimum Gasteiger partial charge on any atom is -0.276 e. The van der Waals surface area contributed by atoms with Gasteiger partial charge in [-0.25, -0.2) is 0 Å². The van der Waals surface area contributed by atoms with Crippen molar-refractivity contribution in [3.05, 3.63) is 35.4 Å². The SMILES string of the molecule is CCn1cc(Cc2cnn(C)c2)c(C)n1. The molecular weight excluding hydrogens is 188 g/mol. The molecule has 0 N–H and O–H groups in total. The zero-order chi connectivity index (χ0) is 10.8. The van der Waals surface area contributed by atoms with Gasteiger partial charge in [0.2, 0.25) is 0 Å². The van der Waals surface area contributed by atoms with Crippen molar-refractivity contribution >= 4 is 0 Å². The summed E-state index contributed by atoms with van der Waals surface area (Å²) in [7, 11) is 1.94. The molecule has 80 valence electrons. The Kier molecular flexibility index (Phi) is 2.58. The molecule has 0 aliphatic rings. The zero-order valence-electron chi connectivity index (χ0n) is 9.44. The van der Waals surface area contributed by atoms with Gasteiger partial charge in [-0.2, -0.15) is 10.2 Å². The van der Waals surface area contributed by atoms with Crippen LogP contribution in [-0.2, 0) is 20.0 Å². The summed E-state index contributed by atoms with van der Waals surface area (Å²) in [6.07, 6.45) is 6.98. The van der Waals surface area contributed by atoms with Crippen LogP contribution < -0.4 is 0 Å². The molecule has 2 aromatic heterocycles. The average Bonchev–Trinajstić information content (AvgIpc) is 2.75. The van der Waals surface area contributed by atoms with E-state index < -0.39 is 0 Å². The minimum absolute atomic E-state index is 0.916. The number of hydrogen-bond acceptors (Lipinski definition) is 2. The lowest BCUT2D eigenvalue weighted by Gasteiger charge is -1.93. The second-order valence-electron chi connectivity index (χ2n) is 3.79. The first-order valence-corrected chi connectivity index (χ1v) is 5.19. The van der Waals surface area contributed by atoms with Gasteiger partial charge in [-0.15, -0.1) is 0 Å². The third-order valence-corrected chi connectivity index (χ3v) is 2.52. The summed E-state index contributed by atoms with van der Waals surface area (Å²) < 4.78 is 3.80. The molecule has 0 atom stereocenters.